The van der Waals surface area contributed by atoms with E-state index in [9.17, 15) is 5.11 Å². The second kappa shape index (κ2) is 6.60. The number of hydrogen-bond acceptors (Lipinski definition) is 2. The highest BCUT2D eigenvalue weighted by atomic mass is 16.3. The zero-order valence-electron chi connectivity index (χ0n) is 11.1. The zero-order valence-corrected chi connectivity index (χ0v) is 11.1. The first-order valence-electron chi connectivity index (χ1n) is 6.97. The Morgan fingerprint density at radius 1 is 1.33 bits per heavy atom. The third-order valence-corrected chi connectivity index (χ3v) is 3.60. The molecule has 2 nitrogen and oxygen atoms in total. The van der Waals surface area contributed by atoms with Gasteiger partial charge in [-0.15, -0.1) is 0 Å². The van der Waals surface area contributed by atoms with Crippen LogP contribution in [0.3, 0.4) is 0 Å². The molecular weight excluding hydrogens is 222 g/mol. The van der Waals surface area contributed by atoms with Crippen molar-refractivity contribution in [2.24, 2.45) is 0 Å². The minimum Gasteiger partial charge on any atom is -0.391 e. The zero-order chi connectivity index (χ0) is 12.8. The molecular formula is C16H23NO. The molecule has 0 aliphatic heterocycles. The molecule has 98 valence electrons. The predicted octanol–water partition coefficient (Wildman–Crippen LogP) is 3.37. The molecule has 1 aromatic rings. The van der Waals surface area contributed by atoms with Gasteiger partial charge in [0.1, 0.15) is 0 Å². The number of nitrogens with zero attached hydrogens (tertiary/aromatic N) is 1. The summed E-state index contributed by atoms with van der Waals surface area (Å²) in [5.41, 5.74) is 1.21. The van der Waals surface area contributed by atoms with E-state index in [4.69, 9.17) is 0 Å². The number of allylic oxidation sites excluding steroid dienone is 1. The Morgan fingerprint density at radius 2 is 2.11 bits per heavy atom. The lowest BCUT2D eigenvalue weighted by Crippen LogP contribution is -2.40. The minimum absolute atomic E-state index is 0.250. The van der Waals surface area contributed by atoms with Crippen molar-refractivity contribution in [2.75, 3.05) is 11.4 Å². The van der Waals surface area contributed by atoms with Crippen LogP contribution in [0.5, 0.6) is 0 Å². The van der Waals surface area contributed by atoms with Gasteiger partial charge >= 0.3 is 0 Å². The SMILES string of the molecule is CCC(O)CN(c1ccccc1)C1C=CCCC1. The number of hydrogen-bond donors (Lipinski definition) is 1. The van der Waals surface area contributed by atoms with Crippen LogP contribution in [0.4, 0.5) is 5.69 Å². The van der Waals surface area contributed by atoms with E-state index < -0.39 is 0 Å². The van der Waals surface area contributed by atoms with E-state index in [2.05, 4.69) is 41.3 Å². The van der Waals surface area contributed by atoms with E-state index in [1.807, 2.05) is 13.0 Å². The van der Waals surface area contributed by atoms with Crippen molar-refractivity contribution in [3.8, 4) is 0 Å². The van der Waals surface area contributed by atoms with Gasteiger partial charge in [0, 0.05) is 18.3 Å². The van der Waals surface area contributed by atoms with Crippen LogP contribution in [0.25, 0.3) is 0 Å². The molecule has 0 amide bonds. The highest BCUT2D eigenvalue weighted by molar-refractivity contribution is 5.48. The Morgan fingerprint density at radius 3 is 2.72 bits per heavy atom. The summed E-state index contributed by atoms with van der Waals surface area (Å²) in [6.07, 6.45) is 8.73. The summed E-state index contributed by atoms with van der Waals surface area (Å²) in [6, 6.07) is 10.9. The highest BCUT2D eigenvalue weighted by Gasteiger charge is 2.20. The topological polar surface area (TPSA) is 23.5 Å². The smallest absolute Gasteiger partial charge is 0.0712 e. The number of aliphatic hydroxyl groups is 1. The standard InChI is InChI=1S/C16H23NO/c1-2-16(18)13-17(14-9-5-3-6-10-14)15-11-7-4-8-12-15/h3,5-7,9-11,15-16,18H,2,4,8,12-13H2,1H3. The van der Waals surface area contributed by atoms with E-state index in [1.54, 1.807) is 0 Å². The summed E-state index contributed by atoms with van der Waals surface area (Å²) in [7, 11) is 0. The average Bonchev–Trinajstić information content (AvgIpc) is 2.46. The fraction of sp³-hybridized carbons (Fsp3) is 0.500. The molecule has 1 aromatic carbocycles. The average molecular weight is 245 g/mol. The van der Waals surface area contributed by atoms with Gasteiger partial charge in [-0.1, -0.05) is 37.3 Å². The minimum atomic E-state index is -0.250. The number of anilines is 1. The van der Waals surface area contributed by atoms with Crippen LogP contribution in [-0.4, -0.2) is 23.8 Å². The Kier molecular flexibility index (Phi) is 4.82. The molecule has 0 saturated heterocycles. The molecule has 18 heavy (non-hydrogen) atoms. The first-order valence-corrected chi connectivity index (χ1v) is 6.97. The van der Waals surface area contributed by atoms with E-state index in [0.717, 1.165) is 13.0 Å². The van der Waals surface area contributed by atoms with Crippen LogP contribution in [0.2, 0.25) is 0 Å². The van der Waals surface area contributed by atoms with Crippen LogP contribution in [0.1, 0.15) is 32.6 Å². The molecule has 0 aromatic heterocycles. The second-order valence-corrected chi connectivity index (χ2v) is 4.98. The Bertz CT molecular complexity index is 374. The lowest BCUT2D eigenvalue weighted by Gasteiger charge is -2.35. The van der Waals surface area contributed by atoms with Gasteiger partial charge in [0.25, 0.3) is 0 Å². The normalized spacial score (nSPS) is 20.7. The molecule has 2 heteroatoms. The van der Waals surface area contributed by atoms with Gasteiger partial charge in [-0.25, -0.2) is 0 Å². The first-order chi connectivity index (χ1) is 8.81. The number of para-hydroxylation sites is 1. The second-order valence-electron chi connectivity index (χ2n) is 4.98. The monoisotopic (exact) mass is 245 g/mol. The van der Waals surface area contributed by atoms with Crippen LogP contribution in [-0.2, 0) is 0 Å². The Labute approximate surface area is 110 Å². The quantitative estimate of drug-likeness (QED) is 0.804. The molecule has 2 rings (SSSR count). The fourth-order valence-corrected chi connectivity index (χ4v) is 2.46. The van der Waals surface area contributed by atoms with E-state index in [1.165, 1.54) is 24.9 Å². The summed E-state index contributed by atoms with van der Waals surface area (Å²) in [5.74, 6) is 0. The molecule has 2 unspecified atom stereocenters. The summed E-state index contributed by atoms with van der Waals surface area (Å²) in [5, 5.41) is 9.95. The maximum Gasteiger partial charge on any atom is 0.0712 e. The fourth-order valence-electron chi connectivity index (χ4n) is 2.46. The van der Waals surface area contributed by atoms with Crippen molar-refractivity contribution in [1.82, 2.24) is 0 Å². The van der Waals surface area contributed by atoms with Gasteiger partial charge in [-0.2, -0.15) is 0 Å². The largest absolute Gasteiger partial charge is 0.391 e. The van der Waals surface area contributed by atoms with Crippen molar-refractivity contribution in [1.29, 1.82) is 0 Å². The summed E-state index contributed by atoms with van der Waals surface area (Å²) in [4.78, 5) is 2.34. The van der Waals surface area contributed by atoms with Gasteiger partial charge in [0.2, 0.25) is 0 Å². The van der Waals surface area contributed by atoms with Crippen LogP contribution in [0, 0.1) is 0 Å². The maximum atomic E-state index is 9.95. The van der Waals surface area contributed by atoms with Gasteiger partial charge in [-0.3, -0.25) is 0 Å². The molecule has 2 atom stereocenters. The van der Waals surface area contributed by atoms with Crippen LogP contribution >= 0.6 is 0 Å². The molecule has 0 bridgehead atoms. The number of benzene rings is 1. The van der Waals surface area contributed by atoms with Crippen molar-refractivity contribution in [3.63, 3.8) is 0 Å². The third-order valence-electron chi connectivity index (χ3n) is 3.60. The van der Waals surface area contributed by atoms with Gasteiger partial charge in [-0.05, 0) is 37.8 Å². The van der Waals surface area contributed by atoms with Gasteiger partial charge in [0.05, 0.1) is 6.10 Å². The van der Waals surface area contributed by atoms with Crippen molar-refractivity contribution >= 4 is 5.69 Å². The van der Waals surface area contributed by atoms with Crippen LogP contribution < -0.4 is 4.90 Å². The van der Waals surface area contributed by atoms with E-state index in [0.29, 0.717) is 6.04 Å². The molecule has 1 N–H and O–H groups in total. The van der Waals surface area contributed by atoms with Gasteiger partial charge in [0.15, 0.2) is 0 Å². The van der Waals surface area contributed by atoms with Crippen molar-refractivity contribution in [3.05, 3.63) is 42.5 Å². The summed E-state index contributed by atoms with van der Waals surface area (Å²) < 4.78 is 0. The van der Waals surface area contributed by atoms with Gasteiger partial charge < -0.3 is 10.0 Å². The van der Waals surface area contributed by atoms with Crippen LogP contribution in [0.15, 0.2) is 42.5 Å². The Hall–Kier alpha value is -1.28. The summed E-state index contributed by atoms with van der Waals surface area (Å²) >= 11 is 0. The highest BCUT2D eigenvalue weighted by Crippen LogP contribution is 2.23. The van der Waals surface area contributed by atoms with Crippen molar-refractivity contribution < 1.29 is 5.11 Å². The maximum absolute atomic E-state index is 9.95. The number of rotatable bonds is 5. The Balaban J connectivity index is 2.17. The first kappa shape index (κ1) is 13.2. The molecule has 1 aliphatic rings. The molecule has 1 aliphatic carbocycles. The van der Waals surface area contributed by atoms with Crippen molar-refractivity contribution in [2.45, 2.75) is 44.8 Å². The number of aliphatic hydroxyl groups excluding tert-OH is 1. The predicted molar refractivity (Wildman–Crippen MR) is 76.9 cm³/mol. The molecule has 0 spiro atoms. The lowest BCUT2D eigenvalue weighted by atomic mass is 10.00. The lowest BCUT2D eigenvalue weighted by molar-refractivity contribution is 0.173. The molecule has 0 radical (unpaired) electrons. The summed E-state index contributed by atoms with van der Waals surface area (Å²) in [6.45, 7) is 2.75. The molecule has 0 saturated carbocycles. The van der Waals surface area contributed by atoms with E-state index >= 15 is 0 Å². The third kappa shape index (κ3) is 3.36. The molecule has 0 fully saturated rings. The molecule has 0 heterocycles. The van der Waals surface area contributed by atoms with E-state index in [-0.39, 0.29) is 6.10 Å².